The van der Waals surface area contributed by atoms with Gasteiger partial charge in [0.2, 0.25) is 0 Å². The molecule has 0 spiro atoms. The first-order valence-electron chi connectivity index (χ1n) is 8.80. The molecule has 25 heavy (non-hydrogen) atoms. The first-order valence-corrected chi connectivity index (χ1v) is 8.80. The molecule has 4 nitrogen and oxygen atoms in total. The molecular formula is C21H31N3O. The van der Waals surface area contributed by atoms with Crippen LogP contribution in [0.2, 0.25) is 0 Å². The monoisotopic (exact) mass is 341 g/mol. The Hall–Kier alpha value is -1.91. The molecule has 2 aromatic rings. The van der Waals surface area contributed by atoms with Gasteiger partial charge in [0.15, 0.2) is 0 Å². The summed E-state index contributed by atoms with van der Waals surface area (Å²) in [5, 5.41) is 3.56. The quantitative estimate of drug-likeness (QED) is 0.794. The van der Waals surface area contributed by atoms with Crippen LogP contribution in [0.1, 0.15) is 36.2 Å². The fourth-order valence-corrected chi connectivity index (χ4v) is 2.67. The standard InChI is InChI=1S/C21H31N3O/c1-16-11-18(13-22-15-21(3,4)24(5)6)12-17(2)20(16)25-14-19-9-7-8-10-23-19/h7-12,22H,13-15H2,1-6H3. The topological polar surface area (TPSA) is 37.4 Å². The van der Waals surface area contributed by atoms with Crippen LogP contribution in [-0.2, 0) is 13.2 Å². The Morgan fingerprint density at radius 1 is 1.12 bits per heavy atom. The van der Waals surface area contributed by atoms with Crippen LogP contribution >= 0.6 is 0 Å². The first kappa shape index (κ1) is 19.4. The van der Waals surface area contributed by atoms with Crippen LogP contribution in [0.4, 0.5) is 0 Å². The number of nitrogens with zero attached hydrogens (tertiary/aromatic N) is 2. The third kappa shape index (κ3) is 5.55. The number of rotatable bonds is 8. The number of aryl methyl sites for hydroxylation is 2. The minimum absolute atomic E-state index is 0.135. The van der Waals surface area contributed by atoms with Crippen LogP contribution in [0.5, 0.6) is 5.75 Å². The maximum Gasteiger partial charge on any atom is 0.130 e. The lowest BCUT2D eigenvalue weighted by Crippen LogP contribution is -2.46. The zero-order valence-corrected chi connectivity index (χ0v) is 16.4. The molecule has 1 heterocycles. The number of benzene rings is 1. The van der Waals surface area contributed by atoms with E-state index in [4.69, 9.17) is 4.74 Å². The Labute approximate surface area is 152 Å². The van der Waals surface area contributed by atoms with Crippen LogP contribution in [0.15, 0.2) is 36.5 Å². The van der Waals surface area contributed by atoms with Gasteiger partial charge in [-0.05, 0) is 70.6 Å². The van der Waals surface area contributed by atoms with Crippen LogP contribution in [0.25, 0.3) is 0 Å². The number of hydrogen-bond acceptors (Lipinski definition) is 4. The molecule has 0 bridgehead atoms. The Morgan fingerprint density at radius 3 is 2.36 bits per heavy atom. The Balaban J connectivity index is 1.97. The molecule has 0 radical (unpaired) electrons. The van der Waals surface area contributed by atoms with E-state index in [-0.39, 0.29) is 5.54 Å². The Morgan fingerprint density at radius 2 is 1.80 bits per heavy atom. The SMILES string of the molecule is Cc1cc(CNCC(C)(C)N(C)C)cc(C)c1OCc1ccccn1. The van der Waals surface area contributed by atoms with Gasteiger partial charge >= 0.3 is 0 Å². The Bertz CT molecular complexity index is 658. The molecule has 0 aliphatic carbocycles. The first-order chi connectivity index (χ1) is 11.8. The highest BCUT2D eigenvalue weighted by atomic mass is 16.5. The molecule has 4 heteroatoms. The van der Waals surface area contributed by atoms with Gasteiger partial charge in [0.05, 0.1) is 5.69 Å². The van der Waals surface area contributed by atoms with Crippen molar-refractivity contribution in [2.45, 2.75) is 46.4 Å². The van der Waals surface area contributed by atoms with Gasteiger partial charge in [0, 0.05) is 24.8 Å². The second kappa shape index (κ2) is 8.45. The number of ether oxygens (including phenoxy) is 1. The third-order valence-electron chi connectivity index (χ3n) is 4.71. The van der Waals surface area contributed by atoms with Crippen molar-refractivity contribution in [1.82, 2.24) is 15.2 Å². The molecule has 136 valence electrons. The molecule has 0 saturated carbocycles. The molecule has 2 rings (SSSR count). The van der Waals surface area contributed by atoms with Crippen LogP contribution in [0.3, 0.4) is 0 Å². The summed E-state index contributed by atoms with van der Waals surface area (Å²) >= 11 is 0. The highest BCUT2D eigenvalue weighted by Gasteiger charge is 2.19. The van der Waals surface area contributed by atoms with E-state index in [1.54, 1.807) is 6.20 Å². The third-order valence-corrected chi connectivity index (χ3v) is 4.71. The summed E-state index contributed by atoms with van der Waals surface area (Å²) < 4.78 is 6.01. The largest absolute Gasteiger partial charge is 0.487 e. The predicted octanol–water partition coefficient (Wildman–Crippen LogP) is 3.71. The van der Waals surface area contributed by atoms with E-state index >= 15 is 0 Å². The van der Waals surface area contributed by atoms with Gasteiger partial charge in [0.1, 0.15) is 12.4 Å². The van der Waals surface area contributed by atoms with Crippen LogP contribution < -0.4 is 10.1 Å². The molecule has 0 fully saturated rings. The van der Waals surface area contributed by atoms with Crippen molar-refractivity contribution < 1.29 is 4.74 Å². The summed E-state index contributed by atoms with van der Waals surface area (Å²) in [6.07, 6.45) is 1.79. The lowest BCUT2D eigenvalue weighted by molar-refractivity contribution is 0.190. The fraction of sp³-hybridized carbons (Fsp3) is 0.476. The molecule has 0 saturated heterocycles. The molecule has 0 aliphatic rings. The average molecular weight is 341 g/mol. The number of pyridine rings is 1. The summed E-state index contributed by atoms with van der Waals surface area (Å²) in [6.45, 7) is 11.0. The maximum atomic E-state index is 6.01. The van der Waals surface area contributed by atoms with Crippen molar-refractivity contribution in [3.63, 3.8) is 0 Å². The van der Waals surface area contributed by atoms with Crippen molar-refractivity contribution in [3.05, 3.63) is 58.9 Å². The minimum Gasteiger partial charge on any atom is -0.487 e. The van der Waals surface area contributed by atoms with Crippen molar-refractivity contribution in [3.8, 4) is 5.75 Å². The van der Waals surface area contributed by atoms with E-state index in [0.29, 0.717) is 6.61 Å². The van der Waals surface area contributed by atoms with E-state index in [0.717, 1.165) is 24.5 Å². The van der Waals surface area contributed by atoms with Gasteiger partial charge in [-0.3, -0.25) is 4.98 Å². The lowest BCUT2D eigenvalue weighted by Gasteiger charge is -2.32. The normalized spacial score (nSPS) is 11.8. The minimum atomic E-state index is 0.135. The van der Waals surface area contributed by atoms with E-state index < -0.39 is 0 Å². The zero-order valence-electron chi connectivity index (χ0n) is 16.4. The zero-order chi connectivity index (χ0) is 18.4. The van der Waals surface area contributed by atoms with Gasteiger partial charge < -0.3 is 15.0 Å². The van der Waals surface area contributed by atoms with Crippen LogP contribution in [0, 0.1) is 13.8 Å². The second-order valence-corrected chi connectivity index (χ2v) is 7.48. The molecule has 0 unspecified atom stereocenters. The van der Waals surface area contributed by atoms with E-state index in [1.165, 1.54) is 16.7 Å². The average Bonchev–Trinajstić information content (AvgIpc) is 2.54. The molecule has 1 aromatic carbocycles. The van der Waals surface area contributed by atoms with Gasteiger partial charge in [0.25, 0.3) is 0 Å². The summed E-state index contributed by atoms with van der Waals surface area (Å²) in [7, 11) is 4.23. The van der Waals surface area contributed by atoms with Gasteiger partial charge in [-0.25, -0.2) is 0 Å². The predicted molar refractivity (Wildman–Crippen MR) is 104 cm³/mol. The molecule has 0 aliphatic heterocycles. The van der Waals surface area contributed by atoms with E-state index in [9.17, 15) is 0 Å². The number of aromatic nitrogens is 1. The lowest BCUT2D eigenvalue weighted by atomic mass is 10.0. The van der Waals surface area contributed by atoms with Crippen molar-refractivity contribution in [2.75, 3.05) is 20.6 Å². The van der Waals surface area contributed by atoms with E-state index in [1.807, 2.05) is 18.2 Å². The van der Waals surface area contributed by atoms with Gasteiger partial charge in [-0.1, -0.05) is 18.2 Å². The Kier molecular flexibility index (Phi) is 6.57. The van der Waals surface area contributed by atoms with E-state index in [2.05, 4.69) is 69.1 Å². The summed E-state index contributed by atoms with van der Waals surface area (Å²) in [6, 6.07) is 10.3. The maximum absolute atomic E-state index is 6.01. The highest BCUT2D eigenvalue weighted by Crippen LogP contribution is 2.25. The van der Waals surface area contributed by atoms with Crippen molar-refractivity contribution >= 4 is 0 Å². The summed E-state index contributed by atoms with van der Waals surface area (Å²) in [5.74, 6) is 0.961. The smallest absolute Gasteiger partial charge is 0.130 e. The molecule has 0 atom stereocenters. The molecular weight excluding hydrogens is 310 g/mol. The van der Waals surface area contributed by atoms with Crippen LogP contribution in [-0.4, -0.2) is 36.1 Å². The van der Waals surface area contributed by atoms with Gasteiger partial charge in [-0.2, -0.15) is 0 Å². The van der Waals surface area contributed by atoms with Crippen molar-refractivity contribution in [2.24, 2.45) is 0 Å². The molecule has 1 N–H and O–H groups in total. The van der Waals surface area contributed by atoms with Gasteiger partial charge in [-0.15, -0.1) is 0 Å². The molecule has 1 aromatic heterocycles. The summed E-state index contributed by atoms with van der Waals surface area (Å²) in [5.41, 5.74) is 4.70. The highest BCUT2D eigenvalue weighted by molar-refractivity contribution is 5.43. The molecule has 0 amide bonds. The fourth-order valence-electron chi connectivity index (χ4n) is 2.67. The number of nitrogens with one attached hydrogen (secondary N) is 1. The second-order valence-electron chi connectivity index (χ2n) is 7.48. The van der Waals surface area contributed by atoms with Crippen molar-refractivity contribution in [1.29, 1.82) is 0 Å². The number of likely N-dealkylation sites (N-methyl/N-ethyl adjacent to an activating group) is 1. The summed E-state index contributed by atoms with van der Waals surface area (Å²) in [4.78, 5) is 6.55. The number of hydrogen-bond donors (Lipinski definition) is 1.